The van der Waals surface area contributed by atoms with Gasteiger partial charge in [0, 0.05) is 25.6 Å². The Bertz CT molecular complexity index is 563. The first-order valence-corrected chi connectivity index (χ1v) is 7.10. The Hall–Kier alpha value is -1.96. The summed E-state index contributed by atoms with van der Waals surface area (Å²) in [6.45, 7) is 3.05. The van der Waals surface area contributed by atoms with E-state index >= 15 is 0 Å². The minimum Gasteiger partial charge on any atom is -0.439 e. The third kappa shape index (κ3) is 2.15. The monoisotopic (exact) mass is 295 g/mol. The number of carbonyl (C=O) groups excluding carboxylic acids is 3. The van der Waals surface area contributed by atoms with Gasteiger partial charge in [-0.2, -0.15) is 0 Å². The lowest BCUT2D eigenvalue weighted by atomic mass is 9.99. The topological polar surface area (TPSA) is 79.8 Å². The molecule has 0 atom stereocenters. The van der Waals surface area contributed by atoms with Crippen LogP contribution in [0.25, 0.3) is 0 Å². The molecule has 3 heterocycles. The molecule has 8 heteroatoms. The Balaban J connectivity index is 1.54. The molecule has 0 unspecified atom stereocenters. The second-order valence-electron chi connectivity index (χ2n) is 4.90. The highest BCUT2D eigenvalue weighted by molar-refractivity contribution is 7.11. The van der Waals surface area contributed by atoms with Gasteiger partial charge >= 0.3 is 6.09 Å². The van der Waals surface area contributed by atoms with E-state index in [0.29, 0.717) is 24.5 Å². The molecule has 2 fully saturated rings. The summed E-state index contributed by atoms with van der Waals surface area (Å²) in [5, 5.41) is 0. The summed E-state index contributed by atoms with van der Waals surface area (Å²) in [5.74, 6) is -0.212. The fraction of sp³-hybridized carbons (Fsp3) is 0.500. The highest BCUT2D eigenvalue weighted by atomic mass is 32.1. The minimum atomic E-state index is -0.585. The van der Waals surface area contributed by atoms with Crippen LogP contribution in [0.3, 0.4) is 0 Å². The number of nitrogens with zero attached hydrogens (tertiary/aromatic N) is 3. The average molecular weight is 295 g/mol. The van der Waals surface area contributed by atoms with Gasteiger partial charge in [0.25, 0.3) is 11.8 Å². The Morgan fingerprint density at radius 1 is 1.50 bits per heavy atom. The van der Waals surface area contributed by atoms with E-state index in [2.05, 4.69) is 9.72 Å². The number of imide groups is 1. The number of carbonyl (C=O) groups is 3. The van der Waals surface area contributed by atoms with Crippen molar-refractivity contribution in [1.29, 1.82) is 0 Å². The van der Waals surface area contributed by atoms with Gasteiger partial charge in [0.1, 0.15) is 4.88 Å². The highest BCUT2D eigenvalue weighted by Crippen LogP contribution is 2.23. The summed E-state index contributed by atoms with van der Waals surface area (Å²) in [4.78, 5) is 42.4. The minimum absolute atomic E-state index is 0.0309. The van der Waals surface area contributed by atoms with Crippen LogP contribution in [0.2, 0.25) is 0 Å². The first-order valence-electron chi connectivity index (χ1n) is 6.22. The van der Waals surface area contributed by atoms with Crippen LogP contribution in [-0.2, 0) is 9.53 Å². The van der Waals surface area contributed by atoms with Crippen molar-refractivity contribution >= 4 is 29.2 Å². The molecule has 2 aliphatic rings. The van der Waals surface area contributed by atoms with Crippen LogP contribution in [0.4, 0.5) is 4.79 Å². The summed E-state index contributed by atoms with van der Waals surface area (Å²) in [6.07, 6.45) is -0.585. The summed E-state index contributed by atoms with van der Waals surface area (Å²) in [6, 6.07) is 0. The molecule has 20 heavy (non-hydrogen) atoms. The zero-order chi connectivity index (χ0) is 14.3. The van der Waals surface area contributed by atoms with Crippen LogP contribution in [0, 0.1) is 12.8 Å². The summed E-state index contributed by atoms with van der Waals surface area (Å²) in [5.41, 5.74) is 2.39. The van der Waals surface area contributed by atoms with E-state index in [0.717, 1.165) is 10.6 Å². The van der Waals surface area contributed by atoms with Gasteiger partial charge in [-0.15, -0.1) is 11.3 Å². The number of aryl methyl sites for hydroxylation is 1. The lowest BCUT2D eigenvalue weighted by molar-refractivity contribution is -0.126. The highest BCUT2D eigenvalue weighted by Gasteiger charge is 2.38. The normalized spacial score (nSPS) is 19.2. The van der Waals surface area contributed by atoms with E-state index in [1.807, 2.05) is 0 Å². The van der Waals surface area contributed by atoms with Crippen molar-refractivity contribution in [3.05, 3.63) is 16.1 Å². The number of hydrogen-bond acceptors (Lipinski definition) is 6. The van der Waals surface area contributed by atoms with Crippen molar-refractivity contribution in [2.24, 2.45) is 5.92 Å². The molecule has 106 valence electrons. The summed E-state index contributed by atoms with van der Waals surface area (Å²) >= 11 is 1.33. The molecule has 0 bridgehead atoms. The number of amides is 3. The maximum absolute atomic E-state index is 12.1. The first-order chi connectivity index (χ1) is 9.56. The van der Waals surface area contributed by atoms with Crippen molar-refractivity contribution < 1.29 is 19.1 Å². The van der Waals surface area contributed by atoms with Crippen LogP contribution < -0.4 is 0 Å². The predicted molar refractivity (Wildman–Crippen MR) is 69.3 cm³/mol. The summed E-state index contributed by atoms with van der Waals surface area (Å²) < 4.78 is 4.65. The quantitative estimate of drug-likeness (QED) is 0.811. The third-order valence-electron chi connectivity index (χ3n) is 3.47. The van der Waals surface area contributed by atoms with Gasteiger partial charge in [0.05, 0.1) is 11.2 Å². The third-order valence-corrected chi connectivity index (χ3v) is 4.38. The molecule has 3 amide bonds. The molecule has 0 aliphatic carbocycles. The van der Waals surface area contributed by atoms with Crippen LogP contribution in [0.15, 0.2) is 5.51 Å². The molecule has 2 saturated heterocycles. The molecule has 0 N–H and O–H groups in total. The van der Waals surface area contributed by atoms with Gasteiger partial charge in [-0.1, -0.05) is 0 Å². The fourth-order valence-electron chi connectivity index (χ4n) is 2.32. The number of ether oxygens (including phenoxy) is 1. The molecule has 7 nitrogen and oxygen atoms in total. The molecule has 0 radical (unpaired) electrons. The van der Waals surface area contributed by atoms with Crippen molar-refractivity contribution in [3.8, 4) is 0 Å². The van der Waals surface area contributed by atoms with Crippen LogP contribution in [0.5, 0.6) is 0 Å². The SMILES string of the molecule is Cc1ncsc1C(=O)N1CC(CN2C(=O)COC2=O)C1. The molecule has 3 rings (SSSR count). The van der Waals surface area contributed by atoms with Gasteiger partial charge in [-0.3, -0.25) is 9.59 Å². The molecular formula is C12H13N3O4S. The van der Waals surface area contributed by atoms with Gasteiger partial charge in [0.2, 0.25) is 0 Å². The van der Waals surface area contributed by atoms with E-state index in [-0.39, 0.29) is 24.3 Å². The maximum atomic E-state index is 12.1. The van der Waals surface area contributed by atoms with E-state index < -0.39 is 6.09 Å². The lowest BCUT2D eigenvalue weighted by Crippen LogP contribution is -2.54. The second-order valence-corrected chi connectivity index (χ2v) is 5.76. The van der Waals surface area contributed by atoms with Gasteiger partial charge in [-0.25, -0.2) is 14.7 Å². The Kier molecular flexibility index (Phi) is 3.17. The Morgan fingerprint density at radius 3 is 2.80 bits per heavy atom. The second kappa shape index (κ2) is 4.86. The number of hydrogen-bond donors (Lipinski definition) is 0. The summed E-state index contributed by atoms with van der Waals surface area (Å²) in [7, 11) is 0. The lowest BCUT2D eigenvalue weighted by Gasteiger charge is -2.40. The number of aromatic nitrogens is 1. The van der Waals surface area contributed by atoms with E-state index in [1.165, 1.54) is 11.3 Å². The number of likely N-dealkylation sites (tertiary alicyclic amines) is 1. The largest absolute Gasteiger partial charge is 0.439 e. The molecule has 0 saturated carbocycles. The Labute approximate surface area is 119 Å². The zero-order valence-corrected chi connectivity index (χ0v) is 11.7. The van der Waals surface area contributed by atoms with Crippen molar-refractivity contribution in [1.82, 2.24) is 14.8 Å². The van der Waals surface area contributed by atoms with Gasteiger partial charge < -0.3 is 9.64 Å². The van der Waals surface area contributed by atoms with E-state index in [1.54, 1.807) is 17.3 Å². The van der Waals surface area contributed by atoms with Crippen molar-refractivity contribution in [2.75, 3.05) is 26.2 Å². The standard InChI is InChI=1S/C12H13N3O4S/c1-7-10(20-6-13-7)11(17)14-2-8(3-14)4-15-9(16)5-19-12(15)18/h6,8H,2-5H2,1H3. The molecule has 0 aromatic carbocycles. The van der Waals surface area contributed by atoms with Crippen LogP contribution in [-0.4, -0.2) is 58.9 Å². The van der Waals surface area contributed by atoms with E-state index in [9.17, 15) is 14.4 Å². The maximum Gasteiger partial charge on any atom is 0.417 e. The number of cyclic esters (lactones) is 1. The predicted octanol–water partition coefficient (Wildman–Crippen LogP) is 0.502. The first kappa shape index (κ1) is 13.0. The van der Waals surface area contributed by atoms with Crippen LogP contribution in [0.1, 0.15) is 15.4 Å². The zero-order valence-electron chi connectivity index (χ0n) is 10.9. The van der Waals surface area contributed by atoms with Gasteiger partial charge in [-0.05, 0) is 6.92 Å². The molecule has 2 aliphatic heterocycles. The number of rotatable bonds is 3. The van der Waals surface area contributed by atoms with Gasteiger partial charge in [0.15, 0.2) is 6.61 Å². The van der Waals surface area contributed by atoms with Crippen molar-refractivity contribution in [2.45, 2.75) is 6.92 Å². The fourth-order valence-corrected chi connectivity index (χ4v) is 3.09. The molecular weight excluding hydrogens is 282 g/mol. The molecule has 0 spiro atoms. The smallest absolute Gasteiger partial charge is 0.417 e. The molecule has 1 aromatic rings. The average Bonchev–Trinajstić information content (AvgIpc) is 2.91. The molecule has 1 aromatic heterocycles. The van der Waals surface area contributed by atoms with Crippen LogP contribution >= 0.6 is 11.3 Å². The van der Waals surface area contributed by atoms with E-state index in [4.69, 9.17) is 0 Å². The Morgan fingerprint density at radius 2 is 2.25 bits per heavy atom. The van der Waals surface area contributed by atoms with Crippen molar-refractivity contribution in [3.63, 3.8) is 0 Å². The number of thiazole rings is 1.